The van der Waals surface area contributed by atoms with Crippen LogP contribution in [0.15, 0.2) is 24.3 Å². The van der Waals surface area contributed by atoms with Crippen LogP contribution in [-0.4, -0.2) is 24.0 Å². The van der Waals surface area contributed by atoms with Gasteiger partial charge in [0, 0.05) is 16.8 Å². The monoisotopic (exact) mass is 267 g/mol. The molecule has 4 nitrogen and oxygen atoms in total. The van der Waals surface area contributed by atoms with Crippen LogP contribution in [0.5, 0.6) is 0 Å². The standard InChI is InChI=1S/C16H17N3O/c1-4-9-17-15(20)10-18-16-11(2)12(3)19-14-8-6-5-7-13(14)16/h1,5-8H,9-10H2,2-3H3,(H,17,20)(H,18,19). The number of hydrogen-bond donors (Lipinski definition) is 2. The first-order valence-corrected chi connectivity index (χ1v) is 6.43. The van der Waals surface area contributed by atoms with Crippen LogP contribution in [0.4, 0.5) is 5.69 Å². The SMILES string of the molecule is C#CCNC(=O)CNc1c(C)c(C)nc2ccccc12. The van der Waals surface area contributed by atoms with Crippen LogP contribution in [0.25, 0.3) is 10.9 Å². The van der Waals surface area contributed by atoms with Crippen molar-refractivity contribution in [2.24, 2.45) is 0 Å². The molecule has 0 aliphatic carbocycles. The largest absolute Gasteiger partial charge is 0.375 e. The molecule has 2 N–H and O–H groups in total. The second kappa shape index (κ2) is 6.07. The Kier molecular flexibility index (Phi) is 4.21. The molecule has 0 fully saturated rings. The fourth-order valence-corrected chi connectivity index (χ4v) is 2.04. The predicted octanol–water partition coefficient (Wildman–Crippen LogP) is 2.01. The predicted molar refractivity (Wildman–Crippen MR) is 81.5 cm³/mol. The summed E-state index contributed by atoms with van der Waals surface area (Å²) in [5.41, 5.74) is 3.87. The molecule has 20 heavy (non-hydrogen) atoms. The average Bonchev–Trinajstić information content (AvgIpc) is 2.45. The molecular formula is C16H17N3O. The zero-order valence-corrected chi connectivity index (χ0v) is 11.7. The molecule has 0 saturated heterocycles. The molecule has 0 atom stereocenters. The number of pyridine rings is 1. The van der Waals surface area contributed by atoms with Crippen LogP contribution in [0.1, 0.15) is 11.3 Å². The van der Waals surface area contributed by atoms with Crippen LogP contribution in [0.2, 0.25) is 0 Å². The van der Waals surface area contributed by atoms with Gasteiger partial charge in [-0.2, -0.15) is 0 Å². The van der Waals surface area contributed by atoms with E-state index < -0.39 is 0 Å². The van der Waals surface area contributed by atoms with Gasteiger partial charge in [-0.3, -0.25) is 9.78 Å². The Morgan fingerprint density at radius 3 is 2.85 bits per heavy atom. The summed E-state index contributed by atoms with van der Waals surface area (Å²) in [5, 5.41) is 6.83. The van der Waals surface area contributed by atoms with Gasteiger partial charge in [0.2, 0.25) is 5.91 Å². The number of benzene rings is 1. The normalized spacial score (nSPS) is 10.1. The molecule has 0 spiro atoms. The van der Waals surface area contributed by atoms with Gasteiger partial charge in [-0.15, -0.1) is 6.42 Å². The number of rotatable bonds is 4. The summed E-state index contributed by atoms with van der Waals surface area (Å²) in [6.07, 6.45) is 5.11. The molecule has 2 rings (SSSR count). The van der Waals surface area contributed by atoms with Gasteiger partial charge in [-0.25, -0.2) is 0 Å². The van der Waals surface area contributed by atoms with E-state index >= 15 is 0 Å². The highest BCUT2D eigenvalue weighted by molar-refractivity contribution is 5.94. The van der Waals surface area contributed by atoms with Crippen molar-refractivity contribution < 1.29 is 4.79 Å². The molecule has 0 aliphatic heterocycles. The van der Waals surface area contributed by atoms with Gasteiger partial charge in [-0.1, -0.05) is 24.1 Å². The lowest BCUT2D eigenvalue weighted by Crippen LogP contribution is -2.30. The summed E-state index contributed by atoms with van der Waals surface area (Å²) in [5.74, 6) is 2.25. The number of carbonyl (C=O) groups is 1. The minimum absolute atomic E-state index is 0.124. The number of aromatic nitrogens is 1. The first-order valence-electron chi connectivity index (χ1n) is 6.43. The lowest BCUT2D eigenvalue weighted by Gasteiger charge is -2.14. The highest BCUT2D eigenvalue weighted by atomic mass is 16.1. The number of carbonyl (C=O) groups excluding carboxylic acids is 1. The van der Waals surface area contributed by atoms with Crippen molar-refractivity contribution in [1.29, 1.82) is 0 Å². The molecule has 1 heterocycles. The molecule has 0 aliphatic rings. The highest BCUT2D eigenvalue weighted by Gasteiger charge is 2.09. The lowest BCUT2D eigenvalue weighted by atomic mass is 10.1. The van der Waals surface area contributed by atoms with Gasteiger partial charge in [-0.05, 0) is 25.5 Å². The smallest absolute Gasteiger partial charge is 0.240 e. The van der Waals surface area contributed by atoms with Gasteiger partial charge in [0.1, 0.15) is 0 Å². The van der Waals surface area contributed by atoms with Gasteiger partial charge < -0.3 is 10.6 Å². The molecular weight excluding hydrogens is 250 g/mol. The molecule has 0 bridgehead atoms. The number of terminal acetylenes is 1. The van der Waals surface area contributed by atoms with Crippen LogP contribution in [-0.2, 0) is 4.79 Å². The summed E-state index contributed by atoms with van der Waals surface area (Å²) in [4.78, 5) is 16.2. The van der Waals surface area contributed by atoms with E-state index in [1.165, 1.54) is 0 Å². The summed E-state index contributed by atoms with van der Waals surface area (Å²) in [7, 11) is 0. The maximum absolute atomic E-state index is 11.6. The quantitative estimate of drug-likeness (QED) is 0.833. The van der Waals surface area contributed by atoms with E-state index in [0.717, 1.165) is 27.8 Å². The van der Waals surface area contributed by atoms with Crippen LogP contribution < -0.4 is 10.6 Å². The number of anilines is 1. The molecule has 1 aromatic heterocycles. The fourth-order valence-electron chi connectivity index (χ4n) is 2.04. The maximum Gasteiger partial charge on any atom is 0.240 e. The van der Waals surface area contributed by atoms with E-state index in [2.05, 4.69) is 21.5 Å². The second-order valence-corrected chi connectivity index (χ2v) is 4.55. The molecule has 4 heteroatoms. The summed E-state index contributed by atoms with van der Waals surface area (Å²) < 4.78 is 0. The topological polar surface area (TPSA) is 54.0 Å². The highest BCUT2D eigenvalue weighted by Crippen LogP contribution is 2.27. The van der Waals surface area contributed by atoms with Gasteiger partial charge in [0.15, 0.2) is 0 Å². The Morgan fingerprint density at radius 1 is 1.35 bits per heavy atom. The van der Waals surface area contributed by atoms with E-state index in [1.54, 1.807) is 0 Å². The molecule has 0 radical (unpaired) electrons. The van der Waals surface area contributed by atoms with Crippen molar-refractivity contribution >= 4 is 22.5 Å². The Hall–Kier alpha value is -2.54. The van der Waals surface area contributed by atoms with Gasteiger partial charge in [0.25, 0.3) is 0 Å². The molecule has 0 unspecified atom stereocenters. The maximum atomic E-state index is 11.6. The Balaban J connectivity index is 2.27. The molecule has 1 aromatic carbocycles. The zero-order chi connectivity index (χ0) is 14.5. The molecule has 102 valence electrons. The number of hydrogen-bond acceptors (Lipinski definition) is 3. The molecule has 1 amide bonds. The lowest BCUT2D eigenvalue weighted by molar-refractivity contribution is -0.119. The number of nitrogens with one attached hydrogen (secondary N) is 2. The first-order chi connectivity index (χ1) is 9.63. The van der Waals surface area contributed by atoms with E-state index in [9.17, 15) is 4.79 Å². The van der Waals surface area contributed by atoms with Crippen molar-refractivity contribution in [1.82, 2.24) is 10.3 Å². The molecule has 0 saturated carbocycles. The summed E-state index contributed by atoms with van der Waals surface area (Å²) >= 11 is 0. The second-order valence-electron chi connectivity index (χ2n) is 4.55. The van der Waals surface area contributed by atoms with E-state index in [4.69, 9.17) is 6.42 Å². The summed E-state index contributed by atoms with van der Waals surface area (Å²) in [6, 6.07) is 7.87. The fraction of sp³-hybridized carbons (Fsp3) is 0.250. The third-order valence-corrected chi connectivity index (χ3v) is 3.19. The number of aryl methyl sites for hydroxylation is 1. The van der Waals surface area contributed by atoms with Crippen molar-refractivity contribution in [3.05, 3.63) is 35.5 Å². The third-order valence-electron chi connectivity index (χ3n) is 3.19. The number of amides is 1. The summed E-state index contributed by atoms with van der Waals surface area (Å²) in [6.45, 7) is 4.40. The van der Waals surface area contributed by atoms with Crippen molar-refractivity contribution in [3.63, 3.8) is 0 Å². The van der Waals surface area contributed by atoms with Gasteiger partial charge in [0.05, 0.1) is 18.6 Å². The Bertz CT molecular complexity index is 686. The number of fused-ring (bicyclic) bond motifs is 1. The number of para-hydroxylation sites is 1. The minimum Gasteiger partial charge on any atom is -0.375 e. The zero-order valence-electron chi connectivity index (χ0n) is 11.7. The average molecular weight is 267 g/mol. The Morgan fingerprint density at radius 2 is 2.10 bits per heavy atom. The Labute approximate surface area is 118 Å². The van der Waals surface area contributed by atoms with Crippen LogP contribution in [0, 0.1) is 26.2 Å². The van der Waals surface area contributed by atoms with Crippen molar-refractivity contribution in [3.8, 4) is 12.3 Å². The number of nitrogens with zero attached hydrogens (tertiary/aromatic N) is 1. The van der Waals surface area contributed by atoms with Crippen LogP contribution in [0.3, 0.4) is 0 Å². The van der Waals surface area contributed by atoms with Gasteiger partial charge >= 0.3 is 0 Å². The minimum atomic E-state index is -0.124. The van der Waals surface area contributed by atoms with Crippen molar-refractivity contribution in [2.45, 2.75) is 13.8 Å². The third kappa shape index (κ3) is 2.89. The van der Waals surface area contributed by atoms with E-state index in [-0.39, 0.29) is 19.0 Å². The first kappa shape index (κ1) is 13.9. The van der Waals surface area contributed by atoms with Crippen LogP contribution >= 0.6 is 0 Å². The van der Waals surface area contributed by atoms with E-state index in [1.807, 2.05) is 38.1 Å². The van der Waals surface area contributed by atoms with Crippen molar-refractivity contribution in [2.75, 3.05) is 18.4 Å². The van der Waals surface area contributed by atoms with E-state index in [0.29, 0.717) is 0 Å². The molecule has 2 aromatic rings.